The molecule has 0 unspecified atom stereocenters. The Morgan fingerprint density at radius 1 is 0.720 bits per heavy atom. The van der Waals surface area contributed by atoms with Crippen molar-refractivity contribution in [3.05, 3.63) is 0 Å². The predicted molar refractivity (Wildman–Crippen MR) is 96.7 cm³/mol. The fraction of sp³-hybridized carbons (Fsp3) is 0.947. The van der Waals surface area contributed by atoms with Crippen LogP contribution in [0.5, 0.6) is 0 Å². The topological polar surface area (TPSA) is 107 Å². The second kappa shape index (κ2) is 13.5. The molecule has 0 aromatic rings. The number of ether oxygens (including phenoxy) is 1. The molecule has 0 aliphatic rings. The maximum atomic E-state index is 11.2. The third-order valence-corrected chi connectivity index (χ3v) is 4.66. The molecular formula is C19H38O6. The van der Waals surface area contributed by atoms with E-state index in [9.17, 15) is 25.2 Å². The molecular weight excluding hydrogens is 324 g/mol. The van der Waals surface area contributed by atoms with Crippen LogP contribution in [0.4, 0.5) is 0 Å². The minimum Gasteiger partial charge on any atom is -0.465 e. The smallest absolute Gasteiger partial charge is 0.372 e. The molecule has 0 aliphatic heterocycles. The molecule has 0 aromatic heterocycles. The van der Waals surface area contributed by atoms with Crippen molar-refractivity contribution in [1.82, 2.24) is 0 Å². The normalized spacial score (nSPS) is 12.4. The number of hydrogen-bond acceptors (Lipinski definition) is 6. The molecule has 0 heterocycles. The summed E-state index contributed by atoms with van der Waals surface area (Å²) in [5.41, 5.74) is 0. The molecule has 0 spiro atoms. The maximum absolute atomic E-state index is 11.2. The van der Waals surface area contributed by atoms with Crippen LogP contribution in [0.25, 0.3) is 0 Å². The number of carbonyl (C=O) groups excluding carboxylic acids is 1. The van der Waals surface area contributed by atoms with Gasteiger partial charge in [0, 0.05) is 6.42 Å². The van der Waals surface area contributed by atoms with E-state index in [1.807, 2.05) is 0 Å². The lowest BCUT2D eigenvalue weighted by Crippen LogP contribution is -2.60. The molecule has 0 aliphatic carbocycles. The Hall–Kier alpha value is -0.690. The molecule has 0 rings (SSSR count). The average molecular weight is 363 g/mol. The lowest BCUT2D eigenvalue weighted by molar-refractivity contribution is -0.347. The quantitative estimate of drug-likeness (QED) is 0.191. The summed E-state index contributed by atoms with van der Waals surface area (Å²) in [4.78, 5) is 11.2. The van der Waals surface area contributed by atoms with Crippen LogP contribution in [0, 0.1) is 0 Å². The van der Waals surface area contributed by atoms with Crippen molar-refractivity contribution in [2.75, 3.05) is 7.11 Å². The summed E-state index contributed by atoms with van der Waals surface area (Å²) < 4.78 is 4.16. The molecule has 4 N–H and O–H groups in total. The van der Waals surface area contributed by atoms with Crippen LogP contribution in [-0.4, -0.2) is 45.1 Å². The monoisotopic (exact) mass is 362 g/mol. The minimum atomic E-state index is -3.31. The van der Waals surface area contributed by atoms with E-state index in [0.29, 0.717) is 6.42 Å². The second-order valence-electron chi connectivity index (χ2n) is 6.97. The van der Waals surface area contributed by atoms with Crippen molar-refractivity contribution >= 4 is 5.97 Å². The van der Waals surface area contributed by atoms with E-state index in [2.05, 4.69) is 11.7 Å². The molecule has 0 aromatic carbocycles. The molecule has 0 radical (unpaired) electrons. The van der Waals surface area contributed by atoms with Crippen LogP contribution >= 0.6 is 0 Å². The summed E-state index contributed by atoms with van der Waals surface area (Å²) in [7, 11) is 0.949. The highest BCUT2D eigenvalue weighted by molar-refractivity contribution is 5.78. The van der Waals surface area contributed by atoms with E-state index in [-0.39, 0.29) is 6.42 Å². The highest BCUT2D eigenvalue weighted by atomic mass is 16.6. The second-order valence-corrected chi connectivity index (χ2v) is 6.97. The van der Waals surface area contributed by atoms with Gasteiger partial charge in [0.2, 0.25) is 5.79 Å². The van der Waals surface area contributed by atoms with E-state index in [1.165, 1.54) is 57.8 Å². The standard InChI is InChI=1S/C19H38O6/c1-3-4-5-6-7-8-9-10-11-12-13-14-15-16-18(21,22)19(23,24)17(20)25-2/h21-24H,3-16H2,1-2H3. The third-order valence-electron chi connectivity index (χ3n) is 4.66. The Balaban J connectivity index is 3.59. The van der Waals surface area contributed by atoms with Crippen molar-refractivity contribution in [2.45, 2.75) is 108 Å². The van der Waals surface area contributed by atoms with Crippen LogP contribution < -0.4 is 0 Å². The number of esters is 1. The van der Waals surface area contributed by atoms with Gasteiger partial charge in [-0.25, -0.2) is 4.79 Å². The summed E-state index contributed by atoms with van der Waals surface area (Å²) in [5.74, 6) is -7.69. The molecule has 0 atom stereocenters. The van der Waals surface area contributed by atoms with Crippen LogP contribution in [0.2, 0.25) is 0 Å². The van der Waals surface area contributed by atoms with Crippen LogP contribution in [0.1, 0.15) is 96.8 Å². The number of carbonyl (C=O) groups is 1. The van der Waals surface area contributed by atoms with Gasteiger partial charge in [-0.15, -0.1) is 0 Å². The first-order valence-corrected chi connectivity index (χ1v) is 9.77. The number of rotatable bonds is 16. The number of hydrogen-bond donors (Lipinski definition) is 4. The minimum absolute atomic E-state index is 0.299. The van der Waals surface area contributed by atoms with E-state index < -0.39 is 17.5 Å². The van der Waals surface area contributed by atoms with Gasteiger partial charge in [-0.2, -0.15) is 0 Å². The molecule has 0 fully saturated rings. The van der Waals surface area contributed by atoms with Crippen molar-refractivity contribution in [3.63, 3.8) is 0 Å². The van der Waals surface area contributed by atoms with Gasteiger partial charge in [0.1, 0.15) is 0 Å². The largest absolute Gasteiger partial charge is 0.465 e. The molecule has 6 heteroatoms. The summed E-state index contributed by atoms with van der Waals surface area (Å²) >= 11 is 0. The Bertz CT molecular complexity index is 341. The molecule has 6 nitrogen and oxygen atoms in total. The Kier molecular flexibility index (Phi) is 13.1. The highest BCUT2D eigenvalue weighted by Gasteiger charge is 2.54. The van der Waals surface area contributed by atoms with Gasteiger partial charge in [0.25, 0.3) is 0 Å². The number of unbranched alkanes of at least 4 members (excludes halogenated alkanes) is 12. The van der Waals surface area contributed by atoms with E-state index in [0.717, 1.165) is 26.4 Å². The predicted octanol–water partition coefficient (Wildman–Crippen LogP) is 3.00. The molecule has 0 saturated heterocycles. The summed E-state index contributed by atoms with van der Waals surface area (Å²) in [6, 6.07) is 0. The number of aliphatic hydroxyl groups is 4. The van der Waals surface area contributed by atoms with E-state index in [1.54, 1.807) is 0 Å². The molecule has 25 heavy (non-hydrogen) atoms. The van der Waals surface area contributed by atoms with Crippen LogP contribution in [0.15, 0.2) is 0 Å². The SMILES string of the molecule is CCCCCCCCCCCCCCCC(O)(O)C(O)(O)C(=O)OC. The first-order chi connectivity index (χ1) is 11.8. The summed E-state index contributed by atoms with van der Waals surface area (Å²) in [5, 5.41) is 38.3. The van der Waals surface area contributed by atoms with Crippen molar-refractivity contribution in [1.29, 1.82) is 0 Å². The maximum Gasteiger partial charge on any atom is 0.372 e. The van der Waals surface area contributed by atoms with Crippen molar-refractivity contribution in [3.8, 4) is 0 Å². The third kappa shape index (κ3) is 10.1. The number of methoxy groups -OCH3 is 1. The highest BCUT2D eigenvalue weighted by Crippen LogP contribution is 2.25. The Morgan fingerprint density at radius 3 is 1.44 bits per heavy atom. The van der Waals surface area contributed by atoms with Gasteiger partial charge < -0.3 is 25.2 Å². The molecule has 150 valence electrons. The molecule has 0 amide bonds. The fourth-order valence-corrected chi connectivity index (χ4v) is 2.87. The van der Waals surface area contributed by atoms with Crippen molar-refractivity contribution in [2.24, 2.45) is 0 Å². The molecule has 0 saturated carbocycles. The summed E-state index contributed by atoms with van der Waals surface area (Å²) in [6.07, 6.45) is 14.5. The Morgan fingerprint density at radius 2 is 1.08 bits per heavy atom. The molecule has 0 bridgehead atoms. The van der Waals surface area contributed by atoms with Crippen LogP contribution in [-0.2, 0) is 9.53 Å². The van der Waals surface area contributed by atoms with E-state index in [4.69, 9.17) is 0 Å². The zero-order valence-electron chi connectivity index (χ0n) is 16.0. The Labute approximate surface area is 152 Å². The van der Waals surface area contributed by atoms with Gasteiger partial charge in [-0.3, -0.25) is 0 Å². The summed E-state index contributed by atoms with van der Waals surface area (Å²) in [6.45, 7) is 2.23. The van der Waals surface area contributed by atoms with Crippen LogP contribution in [0.3, 0.4) is 0 Å². The van der Waals surface area contributed by atoms with Gasteiger partial charge in [-0.05, 0) is 6.42 Å². The van der Waals surface area contributed by atoms with E-state index >= 15 is 0 Å². The lowest BCUT2D eigenvalue weighted by atomic mass is 9.98. The first-order valence-electron chi connectivity index (χ1n) is 9.77. The van der Waals surface area contributed by atoms with Gasteiger partial charge in [-0.1, -0.05) is 84.0 Å². The fourth-order valence-electron chi connectivity index (χ4n) is 2.87. The first kappa shape index (κ1) is 24.3. The zero-order valence-corrected chi connectivity index (χ0v) is 16.0. The van der Waals surface area contributed by atoms with Gasteiger partial charge in [0.05, 0.1) is 7.11 Å². The van der Waals surface area contributed by atoms with Gasteiger partial charge >= 0.3 is 11.8 Å². The van der Waals surface area contributed by atoms with Crippen molar-refractivity contribution < 1.29 is 30.0 Å². The zero-order chi connectivity index (χ0) is 19.2. The lowest BCUT2D eigenvalue weighted by Gasteiger charge is -2.32. The van der Waals surface area contributed by atoms with Gasteiger partial charge in [0.15, 0.2) is 0 Å². The average Bonchev–Trinajstić information content (AvgIpc) is 2.57.